The van der Waals surface area contributed by atoms with Crippen molar-refractivity contribution in [2.75, 3.05) is 20.2 Å². The van der Waals surface area contributed by atoms with Crippen molar-refractivity contribution in [1.82, 2.24) is 24.8 Å². The molecule has 8 nitrogen and oxygen atoms in total. The van der Waals surface area contributed by atoms with Gasteiger partial charge in [0.15, 0.2) is 5.69 Å². The number of piperidine rings is 1. The summed E-state index contributed by atoms with van der Waals surface area (Å²) in [6.07, 6.45) is 2.21. The lowest BCUT2D eigenvalue weighted by atomic mass is 10.0. The van der Waals surface area contributed by atoms with Crippen LogP contribution in [0.2, 0.25) is 0 Å². The number of likely N-dealkylation sites (tertiary alicyclic amines) is 1. The fourth-order valence-corrected chi connectivity index (χ4v) is 5.79. The van der Waals surface area contributed by atoms with E-state index in [1.807, 2.05) is 18.2 Å². The van der Waals surface area contributed by atoms with E-state index in [1.54, 1.807) is 0 Å². The highest BCUT2D eigenvalue weighted by molar-refractivity contribution is 5.91. The van der Waals surface area contributed by atoms with Crippen molar-refractivity contribution in [1.29, 1.82) is 0 Å². The number of alkyl halides is 3. The largest absolute Gasteiger partial charge is 0.573 e. The lowest BCUT2D eigenvalue weighted by Gasteiger charge is -2.33. The maximum atomic E-state index is 12.5. The second-order valence-electron chi connectivity index (χ2n) is 11.1. The third kappa shape index (κ3) is 8.09. The molecule has 5 aromatic rings. The van der Waals surface area contributed by atoms with Crippen LogP contribution in [0.4, 0.5) is 13.2 Å². The number of rotatable bonds is 10. The van der Waals surface area contributed by atoms with Crippen molar-refractivity contribution in [2.24, 2.45) is 0 Å². The molecule has 1 saturated heterocycles. The van der Waals surface area contributed by atoms with Gasteiger partial charge in [-0.3, -0.25) is 9.58 Å². The summed E-state index contributed by atoms with van der Waals surface area (Å²) >= 11 is 0. The van der Waals surface area contributed by atoms with Gasteiger partial charge in [0.05, 0.1) is 11.6 Å². The maximum Gasteiger partial charge on any atom is 0.573 e. The zero-order valence-electron chi connectivity index (χ0n) is 25.5. The number of ether oxygens (including phenoxy) is 1. The highest BCUT2D eigenvalue weighted by atomic mass is 19.4. The van der Waals surface area contributed by atoms with Gasteiger partial charge in [-0.15, -0.1) is 13.2 Å². The van der Waals surface area contributed by atoms with Crippen LogP contribution in [-0.2, 0) is 13.0 Å². The van der Waals surface area contributed by atoms with E-state index in [2.05, 4.69) is 61.7 Å². The molecule has 6 rings (SSSR count). The Labute approximate surface area is 260 Å². The Hall–Kier alpha value is -4.22. The molecule has 0 spiro atoms. The van der Waals surface area contributed by atoms with Crippen LogP contribution in [0.1, 0.15) is 56.2 Å². The van der Waals surface area contributed by atoms with Gasteiger partial charge in [0.25, 0.3) is 5.89 Å². The van der Waals surface area contributed by atoms with Crippen LogP contribution in [0.3, 0.4) is 0 Å². The number of halogens is 3. The summed E-state index contributed by atoms with van der Waals surface area (Å²) in [6, 6.07) is 22.6. The second kappa shape index (κ2) is 14.7. The number of hydrogen-bond acceptors (Lipinski definition) is 7. The molecule has 45 heavy (non-hydrogen) atoms. The third-order valence-corrected chi connectivity index (χ3v) is 7.91. The molecule has 0 amide bonds. The summed E-state index contributed by atoms with van der Waals surface area (Å²) in [6.45, 7) is 5.05. The summed E-state index contributed by atoms with van der Waals surface area (Å²) in [5, 5.41) is 17.0. The van der Waals surface area contributed by atoms with Crippen LogP contribution in [-0.4, -0.2) is 56.5 Å². The van der Waals surface area contributed by atoms with Crippen molar-refractivity contribution in [3.05, 3.63) is 83.9 Å². The highest BCUT2D eigenvalue weighted by Crippen LogP contribution is 2.33. The van der Waals surface area contributed by atoms with E-state index in [1.165, 1.54) is 54.7 Å². The van der Waals surface area contributed by atoms with E-state index in [0.717, 1.165) is 56.9 Å². The maximum absolute atomic E-state index is 12.5. The van der Waals surface area contributed by atoms with Gasteiger partial charge in [0.1, 0.15) is 5.75 Å². The van der Waals surface area contributed by atoms with Crippen LogP contribution in [0, 0.1) is 0 Å². The minimum Gasteiger partial charge on any atom is -0.406 e. The third-order valence-electron chi connectivity index (χ3n) is 7.91. The van der Waals surface area contributed by atoms with Crippen molar-refractivity contribution >= 4 is 10.9 Å². The molecule has 1 fully saturated rings. The van der Waals surface area contributed by atoms with E-state index in [0.29, 0.717) is 11.3 Å². The standard InChI is InChI=1S/C33H34F3N5O2.CH4O/c1-2-3-4-8-23-12-14-24(15-13-23)21-40-20-7-9-26(22-40)41-29-11-6-5-10-28(29)30(38-41)32-37-31(39-43-32)25-16-18-27(19-17-25)42-33(34,35)36;1-2/h5-6,10-19,26H,2-4,7-9,20-22H2,1H3;2H,1H3. The quantitative estimate of drug-likeness (QED) is 0.159. The lowest BCUT2D eigenvalue weighted by Crippen LogP contribution is -2.36. The van der Waals surface area contributed by atoms with Gasteiger partial charge in [-0.05, 0) is 73.7 Å². The van der Waals surface area contributed by atoms with Gasteiger partial charge in [-0.25, -0.2) is 0 Å². The summed E-state index contributed by atoms with van der Waals surface area (Å²) in [5.41, 5.74) is 4.81. The number of benzene rings is 3. The van der Waals surface area contributed by atoms with E-state index >= 15 is 0 Å². The summed E-state index contributed by atoms with van der Waals surface area (Å²) in [7, 11) is 1.00. The average Bonchev–Trinajstić information content (AvgIpc) is 3.69. The molecule has 3 heterocycles. The number of nitrogens with zero attached hydrogens (tertiary/aromatic N) is 5. The summed E-state index contributed by atoms with van der Waals surface area (Å²) in [4.78, 5) is 7.03. The Bertz CT molecular complexity index is 1650. The van der Waals surface area contributed by atoms with Gasteiger partial charge in [-0.1, -0.05) is 67.4 Å². The van der Waals surface area contributed by atoms with E-state index in [9.17, 15) is 13.2 Å². The van der Waals surface area contributed by atoms with Crippen LogP contribution in [0.15, 0.2) is 77.3 Å². The van der Waals surface area contributed by atoms with E-state index in [-0.39, 0.29) is 23.5 Å². The summed E-state index contributed by atoms with van der Waals surface area (Å²) in [5.74, 6) is 0.199. The Morgan fingerprint density at radius 2 is 1.69 bits per heavy atom. The number of hydrogen-bond donors (Lipinski definition) is 1. The first-order valence-electron chi connectivity index (χ1n) is 15.3. The zero-order valence-corrected chi connectivity index (χ0v) is 25.5. The molecule has 0 radical (unpaired) electrons. The Morgan fingerprint density at radius 1 is 0.956 bits per heavy atom. The Morgan fingerprint density at radius 3 is 2.42 bits per heavy atom. The van der Waals surface area contributed by atoms with Crippen LogP contribution in [0.25, 0.3) is 33.9 Å². The lowest BCUT2D eigenvalue weighted by molar-refractivity contribution is -0.274. The van der Waals surface area contributed by atoms with Gasteiger partial charge >= 0.3 is 6.36 Å². The van der Waals surface area contributed by atoms with Crippen LogP contribution < -0.4 is 4.74 Å². The molecule has 3 aromatic carbocycles. The average molecular weight is 622 g/mol. The zero-order chi connectivity index (χ0) is 31.8. The monoisotopic (exact) mass is 621 g/mol. The first-order valence-corrected chi connectivity index (χ1v) is 15.3. The van der Waals surface area contributed by atoms with E-state index < -0.39 is 6.36 Å². The van der Waals surface area contributed by atoms with Crippen molar-refractivity contribution in [3.63, 3.8) is 0 Å². The number of aliphatic hydroxyl groups excluding tert-OH is 1. The molecule has 0 aliphatic carbocycles. The number of aliphatic hydroxyl groups is 1. The molecule has 1 aliphatic rings. The van der Waals surface area contributed by atoms with Crippen LogP contribution >= 0.6 is 0 Å². The molecule has 1 aliphatic heterocycles. The van der Waals surface area contributed by atoms with Gasteiger partial charge < -0.3 is 14.4 Å². The molecule has 0 bridgehead atoms. The number of aromatic nitrogens is 4. The molecular weight excluding hydrogens is 583 g/mol. The Balaban J connectivity index is 0.00000196. The number of para-hydroxylation sites is 1. The van der Waals surface area contributed by atoms with Gasteiger partial charge in [0.2, 0.25) is 5.82 Å². The second-order valence-corrected chi connectivity index (χ2v) is 11.1. The molecule has 2 aromatic heterocycles. The first-order chi connectivity index (χ1) is 21.9. The fraction of sp³-hybridized carbons (Fsp3) is 0.382. The van der Waals surface area contributed by atoms with Crippen molar-refractivity contribution < 1.29 is 27.5 Å². The highest BCUT2D eigenvalue weighted by Gasteiger charge is 2.31. The minimum absolute atomic E-state index is 0.185. The summed E-state index contributed by atoms with van der Waals surface area (Å²) < 4.78 is 49.2. The van der Waals surface area contributed by atoms with Gasteiger partial charge in [-0.2, -0.15) is 10.1 Å². The molecule has 238 valence electrons. The smallest absolute Gasteiger partial charge is 0.406 e. The first kappa shape index (κ1) is 32.2. The SMILES string of the molecule is CCCCCc1ccc(CN2CCCC(n3nc(-c4nc(-c5ccc(OC(F)(F)F)cc5)no4)c4ccccc43)C2)cc1.CO. The number of unbranched alkanes of at least 4 members (excludes halogenated alkanes) is 2. The van der Waals surface area contributed by atoms with Gasteiger partial charge in [0, 0.05) is 31.1 Å². The molecule has 0 saturated carbocycles. The Kier molecular flexibility index (Phi) is 10.5. The molecule has 1 atom stereocenters. The molecule has 11 heteroatoms. The number of aryl methyl sites for hydroxylation is 1. The molecular formula is C34H38F3N5O3. The van der Waals surface area contributed by atoms with Crippen molar-refractivity contribution in [2.45, 2.75) is 64.4 Å². The van der Waals surface area contributed by atoms with E-state index in [4.69, 9.17) is 14.7 Å². The van der Waals surface area contributed by atoms with Crippen molar-refractivity contribution in [3.8, 4) is 28.7 Å². The minimum atomic E-state index is -4.75. The normalized spacial score (nSPS) is 15.6. The predicted octanol–water partition coefficient (Wildman–Crippen LogP) is 7.83. The predicted molar refractivity (Wildman–Crippen MR) is 167 cm³/mol. The topological polar surface area (TPSA) is 89.4 Å². The number of fused-ring (bicyclic) bond motifs is 1. The molecule has 1 N–H and O–H groups in total. The molecule has 1 unspecified atom stereocenters. The fourth-order valence-electron chi connectivity index (χ4n) is 5.79. The van der Waals surface area contributed by atoms with Crippen LogP contribution in [0.5, 0.6) is 5.75 Å².